The summed E-state index contributed by atoms with van der Waals surface area (Å²) in [5.41, 5.74) is 5.51. The summed E-state index contributed by atoms with van der Waals surface area (Å²) in [6.45, 7) is 3.64. The molecule has 142 valence electrons. The van der Waals surface area contributed by atoms with Gasteiger partial charge < -0.3 is 10.5 Å². The van der Waals surface area contributed by atoms with Crippen LogP contribution in [0.3, 0.4) is 0 Å². The topological polar surface area (TPSA) is 65.2 Å². The third-order valence-electron chi connectivity index (χ3n) is 4.02. The molecule has 1 aromatic heterocycles. The molecule has 0 saturated carbocycles. The maximum absolute atomic E-state index is 12.6. The van der Waals surface area contributed by atoms with Gasteiger partial charge in [0.1, 0.15) is 5.41 Å². The van der Waals surface area contributed by atoms with Gasteiger partial charge in [-0.25, -0.2) is 0 Å². The van der Waals surface area contributed by atoms with Gasteiger partial charge in [-0.05, 0) is 37.6 Å². The summed E-state index contributed by atoms with van der Waals surface area (Å²) in [5.74, 6) is -0.449. The number of aromatic nitrogens is 1. The van der Waals surface area contributed by atoms with Crippen molar-refractivity contribution in [1.29, 1.82) is 0 Å². The zero-order chi connectivity index (χ0) is 18.7. The minimum atomic E-state index is -4.44. The lowest BCUT2D eigenvalue weighted by Gasteiger charge is -2.26. The van der Waals surface area contributed by atoms with Crippen LogP contribution in [0.1, 0.15) is 25.0 Å². The first kappa shape index (κ1) is 21.9. The third kappa shape index (κ3) is 4.53. The molecule has 0 saturated heterocycles. The quantitative estimate of drug-likeness (QED) is 0.787. The van der Waals surface area contributed by atoms with E-state index in [0.29, 0.717) is 16.8 Å². The van der Waals surface area contributed by atoms with Crippen molar-refractivity contribution < 1.29 is 22.7 Å². The predicted octanol–water partition coefficient (Wildman–Crippen LogP) is 3.97. The van der Waals surface area contributed by atoms with Gasteiger partial charge in [0.2, 0.25) is 0 Å². The van der Waals surface area contributed by atoms with Crippen molar-refractivity contribution in [2.24, 2.45) is 5.73 Å². The van der Waals surface area contributed by atoms with Crippen molar-refractivity contribution in [2.75, 3.05) is 13.2 Å². The predicted molar refractivity (Wildman–Crippen MR) is 95.0 cm³/mol. The van der Waals surface area contributed by atoms with Crippen LogP contribution in [0.5, 0.6) is 0 Å². The number of nitrogens with two attached hydrogens (primary N) is 1. The highest BCUT2D eigenvalue weighted by atomic mass is 35.5. The molecule has 2 aromatic rings. The highest BCUT2D eigenvalue weighted by molar-refractivity contribution is 5.85. The second-order valence-corrected chi connectivity index (χ2v) is 5.77. The summed E-state index contributed by atoms with van der Waals surface area (Å²) in [4.78, 5) is 16.1. The fourth-order valence-electron chi connectivity index (χ4n) is 2.36. The van der Waals surface area contributed by atoms with Gasteiger partial charge >= 0.3 is 12.1 Å². The number of alkyl halides is 3. The number of carbonyl (C=O) groups is 1. The van der Waals surface area contributed by atoms with E-state index in [1.54, 1.807) is 38.1 Å². The lowest BCUT2D eigenvalue weighted by Crippen LogP contribution is -2.41. The Bertz CT molecular complexity index is 751. The largest absolute Gasteiger partial charge is 0.465 e. The summed E-state index contributed by atoms with van der Waals surface area (Å²) in [6, 6.07) is 9.11. The van der Waals surface area contributed by atoms with E-state index in [-0.39, 0.29) is 25.6 Å². The number of halogens is 4. The Balaban J connectivity index is 0.00000338. The van der Waals surface area contributed by atoms with Crippen molar-refractivity contribution >= 4 is 18.4 Å². The van der Waals surface area contributed by atoms with Gasteiger partial charge in [-0.2, -0.15) is 13.2 Å². The lowest BCUT2D eigenvalue weighted by molar-refractivity contribution is -0.149. The first-order valence-corrected chi connectivity index (χ1v) is 7.74. The van der Waals surface area contributed by atoms with Crippen LogP contribution in [0.15, 0.2) is 42.6 Å². The van der Waals surface area contributed by atoms with Crippen LogP contribution in [0.2, 0.25) is 0 Å². The maximum atomic E-state index is 12.6. The number of pyridine rings is 1. The van der Waals surface area contributed by atoms with Crippen molar-refractivity contribution in [3.8, 4) is 11.3 Å². The van der Waals surface area contributed by atoms with Gasteiger partial charge in [0.05, 0.1) is 17.9 Å². The monoisotopic (exact) mass is 388 g/mol. The minimum Gasteiger partial charge on any atom is -0.465 e. The molecule has 0 fully saturated rings. The number of carbonyl (C=O) groups excluding carboxylic acids is 1. The Labute approximate surface area is 156 Å². The third-order valence-corrected chi connectivity index (χ3v) is 4.02. The molecule has 0 amide bonds. The average molecular weight is 389 g/mol. The fraction of sp³-hybridized carbons (Fsp3) is 0.333. The van der Waals surface area contributed by atoms with E-state index in [1.807, 2.05) is 0 Å². The van der Waals surface area contributed by atoms with Gasteiger partial charge in [0, 0.05) is 18.3 Å². The first-order valence-electron chi connectivity index (χ1n) is 7.74. The van der Waals surface area contributed by atoms with E-state index in [2.05, 4.69) is 4.98 Å². The second kappa shape index (κ2) is 8.51. The van der Waals surface area contributed by atoms with Crippen LogP contribution in [0.4, 0.5) is 13.2 Å². The Morgan fingerprint density at radius 2 is 1.88 bits per heavy atom. The molecule has 2 rings (SSSR count). The fourth-order valence-corrected chi connectivity index (χ4v) is 2.36. The van der Waals surface area contributed by atoms with Crippen molar-refractivity contribution in [3.05, 3.63) is 53.7 Å². The van der Waals surface area contributed by atoms with Crippen molar-refractivity contribution in [3.63, 3.8) is 0 Å². The molecule has 26 heavy (non-hydrogen) atoms. The molecule has 0 aliphatic rings. The highest BCUT2D eigenvalue weighted by Gasteiger charge is 2.35. The zero-order valence-electron chi connectivity index (χ0n) is 14.3. The van der Waals surface area contributed by atoms with Gasteiger partial charge in [0.15, 0.2) is 0 Å². The van der Waals surface area contributed by atoms with Gasteiger partial charge in [-0.3, -0.25) is 9.78 Å². The molecule has 1 aromatic carbocycles. The van der Waals surface area contributed by atoms with Crippen LogP contribution >= 0.6 is 12.4 Å². The van der Waals surface area contributed by atoms with Crippen LogP contribution in [0.25, 0.3) is 11.3 Å². The molecule has 2 N–H and O–H groups in total. The maximum Gasteiger partial charge on any atom is 0.417 e. The second-order valence-electron chi connectivity index (χ2n) is 5.77. The standard InChI is InChI=1S/C18H19F3N2O2.ClH/c1-3-25-16(24)17(2,11-22)13-6-4-5-12(9-13)15-8-7-14(10-23-15)18(19,20)21;/h4-10H,3,11,22H2,1-2H3;1H. The summed E-state index contributed by atoms with van der Waals surface area (Å²) < 4.78 is 43.0. The van der Waals surface area contributed by atoms with Crippen molar-refractivity contribution in [1.82, 2.24) is 4.98 Å². The Morgan fingerprint density at radius 3 is 2.38 bits per heavy atom. The number of hydrogen-bond acceptors (Lipinski definition) is 4. The molecule has 0 spiro atoms. The Hall–Kier alpha value is -2.12. The molecule has 1 heterocycles. The van der Waals surface area contributed by atoms with E-state index >= 15 is 0 Å². The first-order chi connectivity index (χ1) is 11.7. The molecular formula is C18H20ClF3N2O2. The molecule has 0 aliphatic heterocycles. The number of ether oxygens (including phenoxy) is 1. The number of hydrogen-bond donors (Lipinski definition) is 1. The molecule has 1 atom stereocenters. The molecule has 1 unspecified atom stereocenters. The van der Waals surface area contributed by atoms with E-state index in [1.165, 1.54) is 6.07 Å². The van der Waals surface area contributed by atoms with Crippen molar-refractivity contribution in [2.45, 2.75) is 25.4 Å². The van der Waals surface area contributed by atoms with Gasteiger partial charge in [-0.1, -0.05) is 18.2 Å². The zero-order valence-corrected chi connectivity index (χ0v) is 15.2. The SMILES string of the molecule is CCOC(=O)C(C)(CN)c1cccc(-c2ccc(C(F)(F)F)cn2)c1.Cl. The molecule has 8 heteroatoms. The normalized spacial score (nSPS) is 13.5. The van der Waals surface area contributed by atoms with Gasteiger partial charge in [0.25, 0.3) is 0 Å². The van der Waals surface area contributed by atoms with Crippen LogP contribution < -0.4 is 5.73 Å². The number of esters is 1. The van der Waals surface area contributed by atoms with E-state index in [0.717, 1.165) is 12.3 Å². The number of rotatable bonds is 5. The summed E-state index contributed by atoms with van der Waals surface area (Å²) >= 11 is 0. The highest BCUT2D eigenvalue weighted by Crippen LogP contribution is 2.31. The Morgan fingerprint density at radius 1 is 1.19 bits per heavy atom. The summed E-state index contributed by atoms with van der Waals surface area (Å²) in [5, 5.41) is 0. The van der Waals surface area contributed by atoms with E-state index in [4.69, 9.17) is 10.5 Å². The summed E-state index contributed by atoms with van der Waals surface area (Å²) in [6.07, 6.45) is -3.65. The number of nitrogens with zero attached hydrogens (tertiary/aromatic N) is 1. The van der Waals surface area contributed by atoms with Crippen LogP contribution in [-0.4, -0.2) is 24.1 Å². The molecule has 0 radical (unpaired) electrons. The molecule has 4 nitrogen and oxygen atoms in total. The summed E-state index contributed by atoms with van der Waals surface area (Å²) in [7, 11) is 0. The van der Waals surface area contributed by atoms with Crippen LogP contribution in [0, 0.1) is 0 Å². The Kier molecular flexibility index (Phi) is 7.17. The van der Waals surface area contributed by atoms with E-state index in [9.17, 15) is 18.0 Å². The van der Waals surface area contributed by atoms with Crippen LogP contribution in [-0.2, 0) is 21.1 Å². The molecular weight excluding hydrogens is 369 g/mol. The lowest BCUT2D eigenvalue weighted by atomic mass is 9.81. The van der Waals surface area contributed by atoms with Gasteiger partial charge in [-0.15, -0.1) is 12.4 Å². The molecule has 0 bridgehead atoms. The average Bonchev–Trinajstić information content (AvgIpc) is 2.60. The van der Waals surface area contributed by atoms with E-state index < -0.39 is 23.1 Å². The molecule has 0 aliphatic carbocycles. The minimum absolute atomic E-state index is 0. The number of benzene rings is 1. The smallest absolute Gasteiger partial charge is 0.417 e.